The van der Waals surface area contributed by atoms with E-state index in [0.29, 0.717) is 13.2 Å². The largest absolute Gasteiger partial charge is 0.491 e. The number of para-hydroxylation sites is 1. The first-order chi connectivity index (χ1) is 11.8. The molecule has 0 fully saturated rings. The number of nitrogens with one attached hydrogen (secondary N) is 2. The second-order valence-electron chi connectivity index (χ2n) is 7.22. The Labute approximate surface area is 150 Å². The summed E-state index contributed by atoms with van der Waals surface area (Å²) in [6, 6.07) is 13.6. The van der Waals surface area contributed by atoms with Crippen LogP contribution in [0.4, 0.5) is 10.5 Å². The lowest BCUT2D eigenvalue weighted by Gasteiger charge is -2.23. The lowest BCUT2D eigenvalue weighted by molar-refractivity contribution is 0.247. The smallest absolute Gasteiger partial charge is 0.319 e. The first-order valence-electron chi connectivity index (χ1n) is 8.62. The van der Waals surface area contributed by atoms with Gasteiger partial charge in [0.25, 0.3) is 0 Å². The zero-order chi connectivity index (χ0) is 18.4. The number of amides is 2. The lowest BCUT2D eigenvalue weighted by Crippen LogP contribution is -2.33. The number of rotatable bonds is 5. The third kappa shape index (κ3) is 5.24. The maximum absolute atomic E-state index is 12.1. The second kappa shape index (κ2) is 8.06. The third-order valence-corrected chi connectivity index (χ3v) is 4.18. The Bertz CT molecular complexity index is 733. The van der Waals surface area contributed by atoms with Crippen molar-refractivity contribution < 1.29 is 9.53 Å². The maximum atomic E-state index is 12.1. The van der Waals surface area contributed by atoms with E-state index in [9.17, 15) is 4.79 Å². The minimum atomic E-state index is -0.221. The average molecular weight is 340 g/mol. The predicted octanol–water partition coefficient (Wildman–Crippen LogP) is 4.80. The molecule has 0 heterocycles. The average Bonchev–Trinajstić information content (AvgIpc) is 2.55. The van der Waals surface area contributed by atoms with Crippen molar-refractivity contribution in [2.75, 3.05) is 18.5 Å². The SMILES string of the molecule is Cc1cccc(OCCNC(=O)Nc2ccccc2C(C)(C)C)c1C. The van der Waals surface area contributed by atoms with Gasteiger partial charge in [0.15, 0.2) is 0 Å². The molecule has 0 aliphatic rings. The van der Waals surface area contributed by atoms with E-state index in [-0.39, 0.29) is 11.4 Å². The number of carbonyl (C=O) groups is 1. The second-order valence-corrected chi connectivity index (χ2v) is 7.22. The summed E-state index contributed by atoms with van der Waals surface area (Å²) in [6.07, 6.45) is 0. The molecular weight excluding hydrogens is 312 g/mol. The van der Waals surface area contributed by atoms with Crippen LogP contribution in [0, 0.1) is 13.8 Å². The van der Waals surface area contributed by atoms with Crippen LogP contribution in [0.3, 0.4) is 0 Å². The molecule has 0 unspecified atom stereocenters. The van der Waals surface area contributed by atoms with E-state index in [1.165, 1.54) is 5.56 Å². The first kappa shape index (κ1) is 18.8. The molecule has 134 valence electrons. The van der Waals surface area contributed by atoms with E-state index in [0.717, 1.165) is 22.6 Å². The van der Waals surface area contributed by atoms with Gasteiger partial charge in [-0.25, -0.2) is 4.79 Å². The summed E-state index contributed by atoms with van der Waals surface area (Å²) >= 11 is 0. The molecule has 0 atom stereocenters. The summed E-state index contributed by atoms with van der Waals surface area (Å²) in [5.41, 5.74) is 4.24. The summed E-state index contributed by atoms with van der Waals surface area (Å²) < 4.78 is 5.75. The summed E-state index contributed by atoms with van der Waals surface area (Å²) in [7, 11) is 0. The maximum Gasteiger partial charge on any atom is 0.319 e. The number of carbonyl (C=O) groups excluding carboxylic acids is 1. The Kier molecular flexibility index (Phi) is 6.07. The molecule has 0 aliphatic carbocycles. The van der Waals surface area contributed by atoms with Crippen LogP contribution in [0.5, 0.6) is 5.75 Å². The molecule has 4 heteroatoms. The van der Waals surface area contributed by atoms with Gasteiger partial charge in [0, 0.05) is 5.69 Å². The summed E-state index contributed by atoms with van der Waals surface area (Å²) in [6.45, 7) is 11.3. The van der Waals surface area contributed by atoms with Crippen molar-refractivity contribution >= 4 is 11.7 Å². The van der Waals surface area contributed by atoms with Crippen LogP contribution < -0.4 is 15.4 Å². The Morgan fingerprint density at radius 1 is 1.04 bits per heavy atom. The zero-order valence-corrected chi connectivity index (χ0v) is 15.8. The Morgan fingerprint density at radius 2 is 1.76 bits per heavy atom. The fourth-order valence-corrected chi connectivity index (χ4v) is 2.62. The molecule has 0 aliphatic heterocycles. The van der Waals surface area contributed by atoms with E-state index in [1.807, 2.05) is 43.3 Å². The highest BCUT2D eigenvalue weighted by atomic mass is 16.5. The minimum Gasteiger partial charge on any atom is -0.491 e. The number of aryl methyl sites for hydroxylation is 1. The normalized spacial score (nSPS) is 11.1. The molecule has 25 heavy (non-hydrogen) atoms. The molecule has 2 aromatic rings. The molecule has 0 saturated carbocycles. The summed E-state index contributed by atoms with van der Waals surface area (Å²) in [5, 5.41) is 5.77. The van der Waals surface area contributed by atoms with Crippen molar-refractivity contribution in [3.05, 3.63) is 59.2 Å². The van der Waals surface area contributed by atoms with Gasteiger partial charge in [-0.3, -0.25) is 0 Å². The van der Waals surface area contributed by atoms with Crippen molar-refractivity contribution in [3.63, 3.8) is 0 Å². The van der Waals surface area contributed by atoms with Crippen LogP contribution >= 0.6 is 0 Å². The van der Waals surface area contributed by atoms with Gasteiger partial charge in [0.2, 0.25) is 0 Å². The van der Waals surface area contributed by atoms with Crippen molar-refractivity contribution in [1.29, 1.82) is 0 Å². The van der Waals surface area contributed by atoms with Crippen LogP contribution in [0.25, 0.3) is 0 Å². The highest BCUT2D eigenvalue weighted by molar-refractivity contribution is 5.90. The standard InChI is InChI=1S/C21H28N2O2/c1-15-9-8-12-19(16(15)2)25-14-13-22-20(24)23-18-11-7-6-10-17(18)21(3,4)5/h6-12H,13-14H2,1-5H3,(H2,22,23,24). The molecule has 0 radical (unpaired) electrons. The molecule has 0 aromatic heterocycles. The minimum absolute atomic E-state index is 0.0321. The third-order valence-electron chi connectivity index (χ3n) is 4.18. The Hall–Kier alpha value is -2.49. The van der Waals surface area contributed by atoms with Crippen LogP contribution in [0.1, 0.15) is 37.5 Å². The highest BCUT2D eigenvalue weighted by Crippen LogP contribution is 2.29. The number of hydrogen-bond donors (Lipinski definition) is 2. The van der Waals surface area contributed by atoms with Gasteiger partial charge >= 0.3 is 6.03 Å². The number of benzene rings is 2. The summed E-state index contributed by atoms with van der Waals surface area (Å²) in [4.78, 5) is 12.1. The van der Waals surface area contributed by atoms with Gasteiger partial charge in [-0.05, 0) is 48.1 Å². The molecule has 0 spiro atoms. The fraction of sp³-hybridized carbons (Fsp3) is 0.381. The molecular formula is C21H28N2O2. The number of ether oxygens (including phenoxy) is 1. The topological polar surface area (TPSA) is 50.4 Å². The van der Waals surface area contributed by atoms with Crippen LogP contribution in [-0.2, 0) is 5.41 Å². The van der Waals surface area contributed by atoms with E-state index < -0.39 is 0 Å². The van der Waals surface area contributed by atoms with Gasteiger partial charge in [0.05, 0.1) is 6.54 Å². The number of anilines is 1. The molecule has 4 nitrogen and oxygen atoms in total. The lowest BCUT2D eigenvalue weighted by atomic mass is 9.86. The van der Waals surface area contributed by atoms with E-state index in [1.54, 1.807) is 0 Å². The van der Waals surface area contributed by atoms with Gasteiger partial charge in [-0.2, -0.15) is 0 Å². The van der Waals surface area contributed by atoms with Crippen molar-refractivity contribution in [1.82, 2.24) is 5.32 Å². The fourth-order valence-electron chi connectivity index (χ4n) is 2.62. The Morgan fingerprint density at radius 3 is 2.48 bits per heavy atom. The number of hydrogen-bond acceptors (Lipinski definition) is 2. The Balaban J connectivity index is 1.85. The zero-order valence-electron chi connectivity index (χ0n) is 15.8. The van der Waals surface area contributed by atoms with Gasteiger partial charge < -0.3 is 15.4 Å². The monoisotopic (exact) mass is 340 g/mol. The van der Waals surface area contributed by atoms with E-state index in [4.69, 9.17) is 4.74 Å². The molecule has 0 bridgehead atoms. The quantitative estimate of drug-likeness (QED) is 0.768. The van der Waals surface area contributed by atoms with E-state index in [2.05, 4.69) is 44.4 Å². The van der Waals surface area contributed by atoms with Crippen molar-refractivity contribution in [3.8, 4) is 5.75 Å². The predicted molar refractivity (Wildman–Crippen MR) is 104 cm³/mol. The van der Waals surface area contributed by atoms with Gasteiger partial charge in [-0.15, -0.1) is 0 Å². The molecule has 2 amide bonds. The van der Waals surface area contributed by atoms with Crippen LogP contribution in [0.2, 0.25) is 0 Å². The van der Waals surface area contributed by atoms with Crippen LogP contribution in [-0.4, -0.2) is 19.2 Å². The van der Waals surface area contributed by atoms with Gasteiger partial charge in [0.1, 0.15) is 12.4 Å². The van der Waals surface area contributed by atoms with Crippen molar-refractivity contribution in [2.24, 2.45) is 0 Å². The van der Waals surface area contributed by atoms with E-state index >= 15 is 0 Å². The van der Waals surface area contributed by atoms with Gasteiger partial charge in [-0.1, -0.05) is 51.1 Å². The summed E-state index contributed by atoms with van der Waals surface area (Å²) in [5.74, 6) is 0.861. The van der Waals surface area contributed by atoms with Crippen molar-refractivity contribution in [2.45, 2.75) is 40.0 Å². The molecule has 2 N–H and O–H groups in total. The first-order valence-corrected chi connectivity index (χ1v) is 8.62. The molecule has 0 saturated heterocycles. The highest BCUT2D eigenvalue weighted by Gasteiger charge is 2.18. The van der Waals surface area contributed by atoms with Crippen LogP contribution in [0.15, 0.2) is 42.5 Å². The molecule has 2 aromatic carbocycles. The number of urea groups is 1. The molecule has 2 rings (SSSR count).